The zero-order valence-electron chi connectivity index (χ0n) is 12.2. The van der Waals surface area contributed by atoms with Gasteiger partial charge in [0.25, 0.3) is 0 Å². The Hall–Kier alpha value is -1.28. The molecule has 0 saturated carbocycles. The van der Waals surface area contributed by atoms with Gasteiger partial charge in [0, 0.05) is 30.2 Å². The molecule has 0 aliphatic heterocycles. The largest absolute Gasteiger partial charge is 0.350 e. The van der Waals surface area contributed by atoms with Crippen LogP contribution in [0.25, 0.3) is 10.9 Å². The molecular formula is C16H24N2. The van der Waals surface area contributed by atoms with Crippen molar-refractivity contribution in [3.8, 4) is 0 Å². The topological polar surface area (TPSA) is 17.0 Å². The summed E-state index contributed by atoms with van der Waals surface area (Å²) in [5, 5.41) is 4.93. The van der Waals surface area contributed by atoms with Crippen LogP contribution in [0.2, 0.25) is 0 Å². The van der Waals surface area contributed by atoms with E-state index in [1.54, 1.807) is 0 Å². The normalized spacial score (nSPS) is 11.7. The van der Waals surface area contributed by atoms with E-state index in [0.717, 1.165) is 13.0 Å². The maximum Gasteiger partial charge on any atom is 0.0485 e. The molecule has 1 N–H and O–H groups in total. The number of hydrogen-bond donors (Lipinski definition) is 1. The molecule has 1 aromatic carbocycles. The molecule has 2 heteroatoms. The highest BCUT2D eigenvalue weighted by atomic mass is 14.9. The highest BCUT2D eigenvalue weighted by molar-refractivity contribution is 5.87. The molecule has 0 aliphatic rings. The summed E-state index contributed by atoms with van der Waals surface area (Å²) >= 11 is 0. The van der Waals surface area contributed by atoms with Crippen LogP contribution in [0.15, 0.2) is 18.3 Å². The van der Waals surface area contributed by atoms with Crippen LogP contribution in [0.4, 0.5) is 0 Å². The second-order valence-electron chi connectivity index (χ2n) is 5.60. The SMILES string of the molecule is Cc1cc(C)c2c(CCNC(C)C)cn(C)c2c1. The van der Waals surface area contributed by atoms with Crippen molar-refractivity contribution in [2.24, 2.45) is 7.05 Å². The van der Waals surface area contributed by atoms with Crippen LogP contribution in [-0.2, 0) is 13.5 Å². The van der Waals surface area contributed by atoms with Gasteiger partial charge in [0.15, 0.2) is 0 Å². The summed E-state index contributed by atoms with van der Waals surface area (Å²) in [6.45, 7) is 9.81. The maximum absolute atomic E-state index is 3.49. The Morgan fingerprint density at radius 2 is 1.94 bits per heavy atom. The molecule has 0 aliphatic carbocycles. The Labute approximate surface area is 110 Å². The van der Waals surface area contributed by atoms with Gasteiger partial charge in [-0.15, -0.1) is 0 Å². The summed E-state index contributed by atoms with van der Waals surface area (Å²) in [5.74, 6) is 0. The second-order valence-corrected chi connectivity index (χ2v) is 5.60. The molecule has 18 heavy (non-hydrogen) atoms. The number of aryl methyl sites for hydroxylation is 3. The minimum absolute atomic E-state index is 0.559. The predicted octanol–water partition coefficient (Wildman–Crippen LogP) is 3.34. The monoisotopic (exact) mass is 244 g/mol. The summed E-state index contributed by atoms with van der Waals surface area (Å²) in [6.07, 6.45) is 3.37. The number of hydrogen-bond acceptors (Lipinski definition) is 1. The van der Waals surface area contributed by atoms with E-state index < -0.39 is 0 Å². The predicted molar refractivity (Wildman–Crippen MR) is 79.2 cm³/mol. The van der Waals surface area contributed by atoms with Gasteiger partial charge >= 0.3 is 0 Å². The third kappa shape index (κ3) is 2.59. The first kappa shape index (κ1) is 13.2. The lowest BCUT2D eigenvalue weighted by molar-refractivity contribution is 0.591. The zero-order valence-corrected chi connectivity index (χ0v) is 12.2. The van der Waals surface area contributed by atoms with E-state index in [0.29, 0.717) is 6.04 Å². The van der Waals surface area contributed by atoms with Crippen LogP contribution in [0.5, 0.6) is 0 Å². The standard InChI is InChI=1S/C16H24N2/c1-11(2)17-7-6-14-10-18(5)15-9-12(3)8-13(4)16(14)15/h8-11,17H,6-7H2,1-5H3. The lowest BCUT2D eigenvalue weighted by atomic mass is 10.0. The van der Waals surface area contributed by atoms with E-state index in [1.807, 2.05) is 0 Å². The van der Waals surface area contributed by atoms with Crippen molar-refractivity contribution in [2.45, 2.75) is 40.2 Å². The van der Waals surface area contributed by atoms with Gasteiger partial charge in [-0.25, -0.2) is 0 Å². The molecule has 0 atom stereocenters. The van der Waals surface area contributed by atoms with Gasteiger partial charge in [-0.1, -0.05) is 19.9 Å². The molecule has 2 rings (SSSR count). The Morgan fingerprint density at radius 3 is 2.61 bits per heavy atom. The molecule has 98 valence electrons. The Balaban J connectivity index is 2.34. The van der Waals surface area contributed by atoms with Crippen molar-refractivity contribution >= 4 is 10.9 Å². The highest BCUT2D eigenvalue weighted by Gasteiger charge is 2.09. The number of nitrogens with one attached hydrogen (secondary N) is 1. The smallest absolute Gasteiger partial charge is 0.0485 e. The van der Waals surface area contributed by atoms with Crippen molar-refractivity contribution in [1.29, 1.82) is 0 Å². The van der Waals surface area contributed by atoms with Crippen LogP contribution in [0, 0.1) is 13.8 Å². The van der Waals surface area contributed by atoms with E-state index in [4.69, 9.17) is 0 Å². The van der Waals surface area contributed by atoms with Gasteiger partial charge in [0.2, 0.25) is 0 Å². The number of fused-ring (bicyclic) bond motifs is 1. The lowest BCUT2D eigenvalue weighted by Gasteiger charge is -2.08. The number of rotatable bonds is 4. The van der Waals surface area contributed by atoms with Gasteiger partial charge in [-0.05, 0) is 49.6 Å². The molecule has 0 radical (unpaired) electrons. The molecule has 2 nitrogen and oxygen atoms in total. The fraction of sp³-hybridized carbons (Fsp3) is 0.500. The van der Waals surface area contributed by atoms with Crippen molar-refractivity contribution in [3.63, 3.8) is 0 Å². The molecule has 0 amide bonds. The van der Waals surface area contributed by atoms with E-state index in [2.05, 4.69) is 63.0 Å². The first-order valence-electron chi connectivity index (χ1n) is 6.77. The molecule has 0 bridgehead atoms. The molecule has 2 aromatic rings. The molecule has 1 aromatic heterocycles. The van der Waals surface area contributed by atoms with Crippen LogP contribution >= 0.6 is 0 Å². The van der Waals surface area contributed by atoms with Crippen LogP contribution in [-0.4, -0.2) is 17.2 Å². The number of aromatic nitrogens is 1. The van der Waals surface area contributed by atoms with Gasteiger partial charge in [0.1, 0.15) is 0 Å². The first-order valence-corrected chi connectivity index (χ1v) is 6.77. The first-order chi connectivity index (χ1) is 8.49. The maximum atomic E-state index is 3.49. The average molecular weight is 244 g/mol. The summed E-state index contributed by atoms with van der Waals surface area (Å²) in [7, 11) is 2.14. The summed E-state index contributed by atoms with van der Waals surface area (Å²) in [6, 6.07) is 5.12. The minimum Gasteiger partial charge on any atom is -0.350 e. The van der Waals surface area contributed by atoms with Crippen molar-refractivity contribution < 1.29 is 0 Å². The molecule has 0 spiro atoms. The molecule has 0 fully saturated rings. The van der Waals surface area contributed by atoms with Gasteiger partial charge in [0.05, 0.1) is 0 Å². The van der Waals surface area contributed by atoms with Gasteiger partial charge in [-0.2, -0.15) is 0 Å². The van der Waals surface area contributed by atoms with Gasteiger partial charge in [-0.3, -0.25) is 0 Å². The number of nitrogens with zero attached hydrogens (tertiary/aromatic N) is 1. The average Bonchev–Trinajstić information content (AvgIpc) is 2.55. The zero-order chi connectivity index (χ0) is 13.3. The summed E-state index contributed by atoms with van der Waals surface area (Å²) in [4.78, 5) is 0. The van der Waals surface area contributed by atoms with E-state index in [9.17, 15) is 0 Å². The van der Waals surface area contributed by atoms with E-state index in [1.165, 1.54) is 27.6 Å². The van der Waals surface area contributed by atoms with Crippen molar-refractivity contribution in [3.05, 3.63) is 35.0 Å². The third-order valence-electron chi connectivity index (χ3n) is 3.46. The molecule has 1 heterocycles. The molecular weight excluding hydrogens is 220 g/mol. The van der Waals surface area contributed by atoms with Crippen molar-refractivity contribution in [2.75, 3.05) is 6.54 Å². The van der Waals surface area contributed by atoms with Crippen LogP contribution in [0.3, 0.4) is 0 Å². The second kappa shape index (κ2) is 5.15. The molecule has 0 saturated heterocycles. The van der Waals surface area contributed by atoms with Crippen LogP contribution in [0.1, 0.15) is 30.5 Å². The third-order valence-corrected chi connectivity index (χ3v) is 3.46. The van der Waals surface area contributed by atoms with Crippen LogP contribution < -0.4 is 5.32 Å². The number of benzene rings is 1. The Morgan fingerprint density at radius 1 is 1.22 bits per heavy atom. The van der Waals surface area contributed by atoms with E-state index in [-0.39, 0.29) is 0 Å². The van der Waals surface area contributed by atoms with Crippen molar-refractivity contribution in [1.82, 2.24) is 9.88 Å². The minimum atomic E-state index is 0.559. The fourth-order valence-electron chi connectivity index (χ4n) is 2.69. The fourth-order valence-corrected chi connectivity index (χ4v) is 2.69. The van der Waals surface area contributed by atoms with E-state index >= 15 is 0 Å². The Bertz CT molecular complexity index is 550. The highest BCUT2D eigenvalue weighted by Crippen LogP contribution is 2.26. The quantitative estimate of drug-likeness (QED) is 0.873. The summed E-state index contributed by atoms with van der Waals surface area (Å²) in [5.41, 5.74) is 5.54. The summed E-state index contributed by atoms with van der Waals surface area (Å²) < 4.78 is 2.25. The molecule has 0 unspecified atom stereocenters. The lowest BCUT2D eigenvalue weighted by Crippen LogP contribution is -2.24. The van der Waals surface area contributed by atoms with Gasteiger partial charge < -0.3 is 9.88 Å². The Kier molecular flexibility index (Phi) is 3.76.